The highest BCUT2D eigenvalue weighted by Gasteiger charge is 2.29. The quantitative estimate of drug-likeness (QED) is 0.668. The number of hydrogen-bond acceptors (Lipinski definition) is 3. The predicted octanol–water partition coefficient (Wildman–Crippen LogP) is 3.34. The molecule has 0 aromatic heterocycles. The summed E-state index contributed by atoms with van der Waals surface area (Å²) in [6, 6.07) is 9.06. The van der Waals surface area contributed by atoms with Gasteiger partial charge >= 0.3 is 6.03 Å². The Morgan fingerprint density at radius 3 is 2.50 bits per heavy atom. The average Bonchev–Trinajstić information content (AvgIpc) is 2.69. The van der Waals surface area contributed by atoms with Crippen LogP contribution in [0.5, 0.6) is 0 Å². The summed E-state index contributed by atoms with van der Waals surface area (Å²) in [7, 11) is 0. The molecule has 3 rings (SSSR count). The largest absolute Gasteiger partial charge is 0.354 e. The smallest absolute Gasteiger partial charge is 0.315 e. The molecule has 2 unspecified atom stereocenters. The van der Waals surface area contributed by atoms with E-state index in [1.54, 1.807) is 0 Å². The van der Waals surface area contributed by atoms with Gasteiger partial charge in [0.05, 0.1) is 0 Å². The summed E-state index contributed by atoms with van der Waals surface area (Å²) >= 11 is 0. The van der Waals surface area contributed by atoms with Crippen molar-refractivity contribution in [3.8, 4) is 0 Å². The number of aryl methyl sites for hydroxylation is 1. The lowest BCUT2D eigenvalue weighted by Crippen LogP contribution is -2.51. The number of likely N-dealkylation sites (tertiary alicyclic amines) is 1. The molecule has 0 radical (unpaired) electrons. The van der Waals surface area contributed by atoms with Crippen molar-refractivity contribution >= 4 is 11.9 Å². The van der Waals surface area contributed by atoms with Crippen LogP contribution in [0, 0.1) is 12.8 Å². The summed E-state index contributed by atoms with van der Waals surface area (Å²) in [5.74, 6) is 0.134. The van der Waals surface area contributed by atoms with Gasteiger partial charge in [-0.3, -0.25) is 9.69 Å². The molecule has 3 amide bonds. The second-order valence-electron chi connectivity index (χ2n) is 9.38. The molecular formula is C24H38N4O2. The molecule has 1 heterocycles. The van der Waals surface area contributed by atoms with Gasteiger partial charge in [-0.15, -0.1) is 0 Å². The number of rotatable bonds is 6. The van der Waals surface area contributed by atoms with Gasteiger partial charge in [-0.25, -0.2) is 4.79 Å². The molecule has 166 valence electrons. The minimum absolute atomic E-state index is 0.0105. The summed E-state index contributed by atoms with van der Waals surface area (Å²) in [6.45, 7) is 9.07. The maximum atomic E-state index is 12.5. The van der Waals surface area contributed by atoms with Crippen molar-refractivity contribution in [1.29, 1.82) is 0 Å². The van der Waals surface area contributed by atoms with Crippen molar-refractivity contribution < 1.29 is 9.59 Å². The van der Waals surface area contributed by atoms with Crippen LogP contribution >= 0.6 is 0 Å². The lowest BCUT2D eigenvalue weighted by atomic mass is 9.85. The Morgan fingerprint density at radius 1 is 1.07 bits per heavy atom. The van der Waals surface area contributed by atoms with Crippen LogP contribution in [0.25, 0.3) is 0 Å². The Morgan fingerprint density at radius 2 is 1.80 bits per heavy atom. The highest BCUT2D eigenvalue weighted by Crippen LogP contribution is 2.24. The number of urea groups is 1. The maximum Gasteiger partial charge on any atom is 0.315 e. The molecule has 1 aromatic rings. The Labute approximate surface area is 181 Å². The van der Waals surface area contributed by atoms with Gasteiger partial charge < -0.3 is 16.0 Å². The first kappa shape index (κ1) is 22.6. The van der Waals surface area contributed by atoms with E-state index in [0.29, 0.717) is 0 Å². The minimum atomic E-state index is -0.0814. The predicted molar refractivity (Wildman–Crippen MR) is 120 cm³/mol. The fourth-order valence-corrected chi connectivity index (χ4v) is 4.68. The molecular weight excluding hydrogens is 376 g/mol. The van der Waals surface area contributed by atoms with E-state index in [1.807, 2.05) is 13.8 Å². The van der Waals surface area contributed by atoms with Crippen molar-refractivity contribution in [2.45, 2.75) is 84.0 Å². The van der Waals surface area contributed by atoms with Crippen LogP contribution in [-0.2, 0) is 11.3 Å². The van der Waals surface area contributed by atoms with Crippen LogP contribution in [0.3, 0.4) is 0 Å². The zero-order chi connectivity index (χ0) is 21.5. The first-order valence-electron chi connectivity index (χ1n) is 11.5. The van der Waals surface area contributed by atoms with Crippen LogP contribution in [0.15, 0.2) is 24.3 Å². The van der Waals surface area contributed by atoms with Crippen molar-refractivity contribution in [1.82, 2.24) is 20.9 Å². The van der Waals surface area contributed by atoms with E-state index in [4.69, 9.17) is 0 Å². The number of piperidine rings is 1. The topological polar surface area (TPSA) is 73.5 Å². The lowest BCUT2D eigenvalue weighted by Gasteiger charge is -2.33. The van der Waals surface area contributed by atoms with Gasteiger partial charge in [0.25, 0.3) is 0 Å². The third kappa shape index (κ3) is 7.01. The van der Waals surface area contributed by atoms with Crippen LogP contribution in [0.4, 0.5) is 4.79 Å². The molecule has 1 aliphatic heterocycles. The Kier molecular flexibility index (Phi) is 8.14. The van der Waals surface area contributed by atoms with Gasteiger partial charge in [0.15, 0.2) is 0 Å². The molecule has 2 fully saturated rings. The molecule has 30 heavy (non-hydrogen) atoms. The van der Waals surface area contributed by atoms with Gasteiger partial charge in [-0.1, -0.05) is 36.2 Å². The number of amides is 3. The van der Waals surface area contributed by atoms with Crippen LogP contribution in [0.1, 0.15) is 63.5 Å². The van der Waals surface area contributed by atoms with E-state index >= 15 is 0 Å². The van der Waals surface area contributed by atoms with Gasteiger partial charge in [-0.2, -0.15) is 0 Å². The van der Waals surface area contributed by atoms with E-state index in [2.05, 4.69) is 52.0 Å². The first-order valence-corrected chi connectivity index (χ1v) is 11.5. The average molecular weight is 415 g/mol. The third-order valence-electron chi connectivity index (χ3n) is 6.22. The van der Waals surface area contributed by atoms with Crippen molar-refractivity contribution in [2.24, 2.45) is 5.92 Å². The van der Waals surface area contributed by atoms with E-state index in [9.17, 15) is 9.59 Å². The Balaban J connectivity index is 1.38. The summed E-state index contributed by atoms with van der Waals surface area (Å²) in [6.07, 6.45) is 5.54. The normalized spacial score (nSPS) is 23.2. The number of nitrogens with zero attached hydrogens (tertiary/aromatic N) is 1. The molecule has 2 aliphatic rings. The van der Waals surface area contributed by atoms with Crippen molar-refractivity contribution in [2.75, 3.05) is 13.1 Å². The second kappa shape index (κ2) is 10.8. The van der Waals surface area contributed by atoms with Gasteiger partial charge in [0.2, 0.25) is 5.91 Å². The standard InChI is InChI=1S/C24H38N4O2/c1-17(2)25-23(29)20-8-5-9-22(15-20)27-24(30)26-21-10-12-28(13-11-21)16-19-7-4-6-18(3)14-19/h4,6-7,14,17,20-22H,5,8-13,15-16H2,1-3H3,(H,25,29)(H2,26,27,30). The summed E-state index contributed by atoms with van der Waals surface area (Å²) < 4.78 is 0. The molecule has 0 spiro atoms. The van der Waals surface area contributed by atoms with Gasteiger partial charge in [-0.05, 0) is 58.4 Å². The minimum Gasteiger partial charge on any atom is -0.354 e. The molecule has 1 saturated heterocycles. The monoisotopic (exact) mass is 414 g/mol. The molecule has 1 aromatic carbocycles. The number of carbonyl (C=O) groups is 2. The fourth-order valence-electron chi connectivity index (χ4n) is 4.68. The van der Waals surface area contributed by atoms with Crippen molar-refractivity contribution in [3.05, 3.63) is 35.4 Å². The highest BCUT2D eigenvalue weighted by molar-refractivity contribution is 5.79. The van der Waals surface area contributed by atoms with Crippen LogP contribution in [-0.4, -0.2) is 48.1 Å². The number of carbonyl (C=O) groups excluding carboxylic acids is 2. The number of benzene rings is 1. The summed E-state index contributed by atoms with van der Waals surface area (Å²) in [5.41, 5.74) is 2.65. The van der Waals surface area contributed by atoms with E-state index in [1.165, 1.54) is 11.1 Å². The Hall–Kier alpha value is -2.08. The third-order valence-corrected chi connectivity index (χ3v) is 6.22. The number of nitrogens with one attached hydrogen (secondary N) is 3. The van der Waals surface area contributed by atoms with E-state index in [-0.39, 0.29) is 36.0 Å². The molecule has 1 saturated carbocycles. The van der Waals surface area contributed by atoms with Gasteiger partial charge in [0.1, 0.15) is 0 Å². The number of hydrogen-bond donors (Lipinski definition) is 3. The van der Waals surface area contributed by atoms with E-state index < -0.39 is 0 Å². The molecule has 3 N–H and O–H groups in total. The highest BCUT2D eigenvalue weighted by atomic mass is 16.2. The van der Waals surface area contributed by atoms with E-state index in [0.717, 1.165) is 58.2 Å². The SMILES string of the molecule is Cc1cccc(CN2CCC(NC(=O)NC3CCCC(C(=O)NC(C)C)C3)CC2)c1. The Bertz CT molecular complexity index is 713. The molecule has 6 heteroatoms. The fraction of sp³-hybridized carbons (Fsp3) is 0.667. The zero-order valence-electron chi connectivity index (χ0n) is 18.7. The summed E-state index contributed by atoms with van der Waals surface area (Å²) in [5, 5.41) is 9.28. The zero-order valence-corrected chi connectivity index (χ0v) is 18.7. The lowest BCUT2D eigenvalue weighted by molar-refractivity contribution is -0.126. The molecule has 6 nitrogen and oxygen atoms in total. The van der Waals surface area contributed by atoms with Crippen molar-refractivity contribution in [3.63, 3.8) is 0 Å². The first-order chi connectivity index (χ1) is 14.4. The second-order valence-corrected chi connectivity index (χ2v) is 9.38. The maximum absolute atomic E-state index is 12.5. The molecule has 1 aliphatic carbocycles. The summed E-state index contributed by atoms with van der Waals surface area (Å²) in [4.78, 5) is 27.3. The van der Waals surface area contributed by atoms with Crippen LogP contribution in [0.2, 0.25) is 0 Å². The molecule has 2 atom stereocenters. The molecule has 0 bridgehead atoms. The van der Waals surface area contributed by atoms with Gasteiger partial charge in [0, 0.05) is 43.7 Å². The van der Waals surface area contributed by atoms with Crippen LogP contribution < -0.4 is 16.0 Å².